The number of hydrogen-bond acceptors (Lipinski definition) is 3. The van der Waals surface area contributed by atoms with Crippen LogP contribution in [0.5, 0.6) is 0 Å². The number of nitrogens with zero attached hydrogens (tertiary/aromatic N) is 3. The molecule has 4 heteroatoms. The average Bonchev–Trinajstić information content (AvgIpc) is 3.00. The molecular formula is C17H11N3O. The van der Waals surface area contributed by atoms with E-state index in [0.717, 1.165) is 17.5 Å². The molecule has 2 aromatic carbocycles. The third-order valence-corrected chi connectivity index (χ3v) is 3.18. The van der Waals surface area contributed by atoms with Gasteiger partial charge in [-0.05, 0) is 24.3 Å². The van der Waals surface area contributed by atoms with Gasteiger partial charge in [-0.3, -0.25) is 4.79 Å². The highest BCUT2D eigenvalue weighted by Gasteiger charge is 2.11. The quantitative estimate of drug-likeness (QED) is 0.688. The summed E-state index contributed by atoms with van der Waals surface area (Å²) in [5.74, 6) is 0. The predicted octanol–water partition coefficient (Wildman–Crippen LogP) is 3.22. The molecule has 0 amide bonds. The van der Waals surface area contributed by atoms with Crippen LogP contribution in [-0.2, 0) is 0 Å². The van der Waals surface area contributed by atoms with Gasteiger partial charge in [0.2, 0.25) is 0 Å². The van der Waals surface area contributed by atoms with Gasteiger partial charge in [0.25, 0.3) is 0 Å². The van der Waals surface area contributed by atoms with E-state index in [1.54, 1.807) is 35.1 Å². The minimum atomic E-state index is 0.533. The summed E-state index contributed by atoms with van der Waals surface area (Å²) in [6, 6.07) is 18.7. The standard InChI is InChI=1S/C17H11N3O/c18-10-13-6-8-16(9-7-13)20-11-15(12-21)17(19-20)14-4-2-1-3-5-14/h1-9,11-12H. The third kappa shape index (κ3) is 2.45. The lowest BCUT2D eigenvalue weighted by molar-refractivity contribution is 0.112. The topological polar surface area (TPSA) is 58.7 Å². The lowest BCUT2D eigenvalue weighted by Crippen LogP contribution is -1.94. The van der Waals surface area contributed by atoms with Crippen molar-refractivity contribution in [3.05, 3.63) is 71.9 Å². The Hall–Kier alpha value is -3.19. The molecule has 0 radical (unpaired) electrons. The second kappa shape index (κ2) is 5.43. The van der Waals surface area contributed by atoms with Crippen molar-refractivity contribution in [1.29, 1.82) is 5.26 Å². The number of nitriles is 1. The fourth-order valence-corrected chi connectivity index (χ4v) is 2.11. The Kier molecular flexibility index (Phi) is 3.32. The van der Waals surface area contributed by atoms with Crippen molar-refractivity contribution >= 4 is 6.29 Å². The number of aldehydes is 1. The molecule has 1 heterocycles. The summed E-state index contributed by atoms with van der Waals surface area (Å²) in [5.41, 5.74) is 3.47. The third-order valence-electron chi connectivity index (χ3n) is 3.18. The number of carbonyl (C=O) groups is 1. The minimum absolute atomic E-state index is 0.533. The van der Waals surface area contributed by atoms with Crippen LogP contribution in [0.4, 0.5) is 0 Å². The molecule has 21 heavy (non-hydrogen) atoms. The van der Waals surface area contributed by atoms with Gasteiger partial charge >= 0.3 is 0 Å². The molecule has 1 aromatic heterocycles. The zero-order chi connectivity index (χ0) is 14.7. The van der Waals surface area contributed by atoms with Gasteiger partial charge in [-0.25, -0.2) is 4.68 Å². The van der Waals surface area contributed by atoms with E-state index in [9.17, 15) is 4.79 Å². The number of aromatic nitrogens is 2. The number of rotatable bonds is 3. The summed E-state index contributed by atoms with van der Waals surface area (Å²) < 4.78 is 1.65. The van der Waals surface area contributed by atoms with E-state index in [4.69, 9.17) is 5.26 Å². The van der Waals surface area contributed by atoms with E-state index in [1.165, 1.54) is 0 Å². The normalized spacial score (nSPS) is 10.0. The van der Waals surface area contributed by atoms with Crippen molar-refractivity contribution in [2.24, 2.45) is 0 Å². The summed E-state index contributed by atoms with van der Waals surface area (Å²) >= 11 is 0. The van der Waals surface area contributed by atoms with Crippen LogP contribution in [0.1, 0.15) is 15.9 Å². The second-order valence-electron chi connectivity index (χ2n) is 4.52. The van der Waals surface area contributed by atoms with E-state index in [-0.39, 0.29) is 0 Å². The molecule has 100 valence electrons. The zero-order valence-corrected chi connectivity index (χ0v) is 11.1. The zero-order valence-electron chi connectivity index (χ0n) is 11.1. The molecule has 0 aliphatic heterocycles. The number of hydrogen-bond donors (Lipinski definition) is 0. The average molecular weight is 273 g/mol. The van der Waals surface area contributed by atoms with Crippen LogP contribution in [0.15, 0.2) is 60.8 Å². The van der Waals surface area contributed by atoms with Gasteiger partial charge in [0.15, 0.2) is 6.29 Å². The van der Waals surface area contributed by atoms with Crippen molar-refractivity contribution in [2.75, 3.05) is 0 Å². The second-order valence-corrected chi connectivity index (χ2v) is 4.52. The lowest BCUT2D eigenvalue weighted by Gasteiger charge is -2.01. The maximum absolute atomic E-state index is 11.2. The van der Waals surface area contributed by atoms with Crippen molar-refractivity contribution in [2.45, 2.75) is 0 Å². The summed E-state index contributed by atoms with van der Waals surface area (Å²) in [7, 11) is 0. The van der Waals surface area contributed by atoms with Gasteiger partial charge in [0, 0.05) is 11.8 Å². The molecule has 0 unspecified atom stereocenters. The van der Waals surface area contributed by atoms with Crippen molar-refractivity contribution in [3.63, 3.8) is 0 Å². The minimum Gasteiger partial charge on any atom is -0.298 e. The van der Waals surface area contributed by atoms with Gasteiger partial charge < -0.3 is 0 Å². The monoisotopic (exact) mass is 273 g/mol. The maximum atomic E-state index is 11.2. The summed E-state index contributed by atoms with van der Waals surface area (Å²) in [6.07, 6.45) is 2.49. The van der Waals surface area contributed by atoms with Crippen LogP contribution >= 0.6 is 0 Å². The summed E-state index contributed by atoms with van der Waals surface area (Å²) in [6.45, 7) is 0. The first-order chi connectivity index (χ1) is 10.3. The highest BCUT2D eigenvalue weighted by molar-refractivity contribution is 5.85. The maximum Gasteiger partial charge on any atom is 0.153 e. The summed E-state index contributed by atoms with van der Waals surface area (Å²) in [5, 5.41) is 13.3. The molecule has 0 N–H and O–H groups in total. The Bertz CT molecular complexity index is 811. The first kappa shape index (κ1) is 12.8. The fourth-order valence-electron chi connectivity index (χ4n) is 2.11. The van der Waals surface area contributed by atoms with Crippen molar-refractivity contribution in [1.82, 2.24) is 9.78 Å². The number of carbonyl (C=O) groups excluding carboxylic acids is 1. The predicted molar refractivity (Wildman–Crippen MR) is 79.1 cm³/mol. The van der Waals surface area contributed by atoms with Gasteiger partial charge in [-0.2, -0.15) is 10.4 Å². The van der Waals surface area contributed by atoms with Crippen LogP contribution in [0.3, 0.4) is 0 Å². The van der Waals surface area contributed by atoms with E-state index < -0.39 is 0 Å². The first-order valence-corrected chi connectivity index (χ1v) is 6.42. The SMILES string of the molecule is N#Cc1ccc(-n2cc(C=O)c(-c3ccccc3)n2)cc1. The van der Waals surface area contributed by atoms with Gasteiger partial charge in [0.1, 0.15) is 5.69 Å². The van der Waals surface area contributed by atoms with Gasteiger partial charge in [-0.15, -0.1) is 0 Å². The molecule has 0 aliphatic carbocycles. The molecule has 4 nitrogen and oxygen atoms in total. The first-order valence-electron chi connectivity index (χ1n) is 6.42. The van der Waals surface area contributed by atoms with E-state index in [1.807, 2.05) is 30.3 Å². The molecule has 0 bridgehead atoms. The van der Waals surface area contributed by atoms with Crippen LogP contribution in [0.2, 0.25) is 0 Å². The van der Waals surface area contributed by atoms with E-state index in [0.29, 0.717) is 16.8 Å². The Balaban J connectivity index is 2.07. The molecule has 0 saturated carbocycles. The van der Waals surface area contributed by atoms with Crippen LogP contribution in [0, 0.1) is 11.3 Å². The largest absolute Gasteiger partial charge is 0.298 e. The Labute approximate surface area is 121 Å². The van der Waals surface area contributed by atoms with Gasteiger partial charge in [-0.1, -0.05) is 30.3 Å². The Morgan fingerprint density at radius 3 is 2.38 bits per heavy atom. The van der Waals surface area contributed by atoms with Crippen LogP contribution in [0.25, 0.3) is 16.9 Å². The van der Waals surface area contributed by atoms with Crippen molar-refractivity contribution in [3.8, 4) is 23.0 Å². The van der Waals surface area contributed by atoms with Crippen molar-refractivity contribution < 1.29 is 4.79 Å². The molecule has 0 fully saturated rings. The van der Waals surface area contributed by atoms with Crippen LogP contribution < -0.4 is 0 Å². The molecule has 3 rings (SSSR count). The Morgan fingerprint density at radius 2 is 1.76 bits per heavy atom. The molecule has 0 aliphatic rings. The summed E-state index contributed by atoms with van der Waals surface area (Å²) in [4.78, 5) is 11.2. The molecular weight excluding hydrogens is 262 g/mol. The Morgan fingerprint density at radius 1 is 1.05 bits per heavy atom. The number of benzene rings is 2. The fraction of sp³-hybridized carbons (Fsp3) is 0. The molecule has 0 atom stereocenters. The molecule has 3 aromatic rings. The smallest absolute Gasteiger partial charge is 0.153 e. The molecule has 0 saturated heterocycles. The van der Waals surface area contributed by atoms with E-state index >= 15 is 0 Å². The van der Waals surface area contributed by atoms with Gasteiger partial charge in [0.05, 0.1) is 22.9 Å². The lowest BCUT2D eigenvalue weighted by atomic mass is 10.1. The van der Waals surface area contributed by atoms with Crippen LogP contribution in [-0.4, -0.2) is 16.1 Å². The highest BCUT2D eigenvalue weighted by Crippen LogP contribution is 2.22. The van der Waals surface area contributed by atoms with E-state index in [2.05, 4.69) is 11.2 Å². The molecule has 0 spiro atoms. The highest BCUT2D eigenvalue weighted by atomic mass is 16.1.